The number of nitrogens with one attached hydrogen (secondary N) is 2. The fraction of sp³-hybridized carbons (Fsp3) is 0.500. The van der Waals surface area contributed by atoms with Crippen LogP contribution in [0.15, 0.2) is 23.0 Å². The predicted octanol–water partition coefficient (Wildman–Crippen LogP) is 1.48. The highest BCUT2D eigenvalue weighted by molar-refractivity contribution is 5.86. The number of amides is 2. The molecule has 1 saturated carbocycles. The van der Waals surface area contributed by atoms with Crippen molar-refractivity contribution in [2.75, 3.05) is 0 Å². The number of carbonyl (C=O) groups excluding carboxylic acids is 1. The van der Waals surface area contributed by atoms with E-state index in [1.165, 1.54) is 12.5 Å². The Balaban J connectivity index is 1.88. The molecule has 2 rings (SSSR count). The van der Waals surface area contributed by atoms with Crippen LogP contribution in [0, 0.1) is 0 Å². The summed E-state index contributed by atoms with van der Waals surface area (Å²) in [6.45, 7) is 0.317. The number of hydrogen-bond acceptors (Lipinski definition) is 3. The maximum Gasteiger partial charge on any atom is 0.329 e. The van der Waals surface area contributed by atoms with Crippen LogP contribution >= 0.6 is 0 Å². The second-order valence-electron chi connectivity index (χ2n) is 4.53. The van der Waals surface area contributed by atoms with Gasteiger partial charge in [0.05, 0.1) is 12.5 Å². The summed E-state index contributed by atoms with van der Waals surface area (Å²) >= 11 is 0. The van der Waals surface area contributed by atoms with Crippen molar-refractivity contribution in [2.24, 2.45) is 0 Å². The van der Waals surface area contributed by atoms with Gasteiger partial charge >= 0.3 is 12.0 Å². The Labute approximate surface area is 104 Å². The molecule has 0 atom stereocenters. The van der Waals surface area contributed by atoms with Gasteiger partial charge in [-0.3, -0.25) is 0 Å². The molecular weight excluding hydrogens is 236 g/mol. The number of furan rings is 1. The lowest BCUT2D eigenvalue weighted by Gasteiger charge is -2.25. The Morgan fingerprint density at radius 3 is 2.67 bits per heavy atom. The van der Waals surface area contributed by atoms with E-state index in [9.17, 15) is 14.7 Å². The van der Waals surface area contributed by atoms with Gasteiger partial charge in [0.2, 0.25) is 0 Å². The number of aliphatic carboxylic acids is 1. The number of carbonyl (C=O) groups is 2. The van der Waals surface area contributed by atoms with Crippen molar-refractivity contribution in [2.45, 2.75) is 37.8 Å². The highest BCUT2D eigenvalue weighted by Crippen LogP contribution is 2.29. The molecule has 1 aromatic rings. The molecule has 0 bridgehead atoms. The predicted molar refractivity (Wildman–Crippen MR) is 62.9 cm³/mol. The summed E-state index contributed by atoms with van der Waals surface area (Å²) in [6.07, 6.45) is 5.68. The van der Waals surface area contributed by atoms with Crippen LogP contribution in [0.1, 0.15) is 31.2 Å². The Kier molecular flexibility index (Phi) is 3.55. The van der Waals surface area contributed by atoms with Gasteiger partial charge in [-0.25, -0.2) is 9.59 Å². The van der Waals surface area contributed by atoms with E-state index in [1.807, 2.05) is 0 Å². The van der Waals surface area contributed by atoms with E-state index < -0.39 is 17.5 Å². The van der Waals surface area contributed by atoms with Crippen molar-refractivity contribution in [3.8, 4) is 0 Å². The van der Waals surface area contributed by atoms with Gasteiger partial charge in [-0.1, -0.05) is 12.8 Å². The van der Waals surface area contributed by atoms with E-state index in [2.05, 4.69) is 10.6 Å². The van der Waals surface area contributed by atoms with E-state index in [-0.39, 0.29) is 0 Å². The average Bonchev–Trinajstić information content (AvgIpc) is 2.97. The molecule has 0 spiro atoms. The molecule has 0 radical (unpaired) electrons. The maximum absolute atomic E-state index is 11.7. The summed E-state index contributed by atoms with van der Waals surface area (Å²) in [6, 6.07) is 1.28. The number of rotatable bonds is 4. The second kappa shape index (κ2) is 5.12. The fourth-order valence-electron chi connectivity index (χ4n) is 2.21. The van der Waals surface area contributed by atoms with E-state index in [4.69, 9.17) is 4.42 Å². The molecule has 0 aromatic carbocycles. The molecule has 1 fully saturated rings. The zero-order valence-electron chi connectivity index (χ0n) is 9.94. The van der Waals surface area contributed by atoms with Crippen LogP contribution in [0.4, 0.5) is 4.79 Å². The minimum atomic E-state index is -1.10. The van der Waals surface area contributed by atoms with Gasteiger partial charge in [-0.05, 0) is 18.9 Å². The number of carboxylic acids is 1. The van der Waals surface area contributed by atoms with Crippen molar-refractivity contribution in [3.05, 3.63) is 24.2 Å². The quantitative estimate of drug-likeness (QED) is 0.756. The first-order valence-corrected chi connectivity index (χ1v) is 5.93. The molecule has 0 unspecified atom stereocenters. The Hall–Kier alpha value is -1.98. The van der Waals surface area contributed by atoms with Crippen molar-refractivity contribution >= 4 is 12.0 Å². The molecule has 3 N–H and O–H groups in total. The molecule has 6 nitrogen and oxygen atoms in total. The third-order valence-electron chi connectivity index (χ3n) is 3.25. The lowest BCUT2D eigenvalue weighted by molar-refractivity contribution is -0.144. The largest absolute Gasteiger partial charge is 0.480 e. The highest BCUT2D eigenvalue weighted by Gasteiger charge is 2.42. The summed E-state index contributed by atoms with van der Waals surface area (Å²) in [5.74, 6) is -0.960. The molecule has 0 aliphatic heterocycles. The van der Waals surface area contributed by atoms with Crippen molar-refractivity contribution < 1.29 is 19.1 Å². The third kappa shape index (κ3) is 2.64. The first-order chi connectivity index (χ1) is 8.62. The smallest absolute Gasteiger partial charge is 0.329 e. The van der Waals surface area contributed by atoms with Crippen LogP contribution in [-0.2, 0) is 11.3 Å². The standard InChI is InChI=1S/C12H16N2O4/c15-10(16)12(4-1-2-5-12)14-11(17)13-7-9-3-6-18-8-9/h3,6,8H,1-2,4-5,7H2,(H,15,16)(H2,13,14,17). The van der Waals surface area contributed by atoms with E-state index in [1.54, 1.807) is 6.07 Å². The summed E-state index contributed by atoms with van der Waals surface area (Å²) in [4.78, 5) is 22.9. The molecule has 18 heavy (non-hydrogen) atoms. The first-order valence-electron chi connectivity index (χ1n) is 5.93. The van der Waals surface area contributed by atoms with Crippen LogP contribution in [0.25, 0.3) is 0 Å². The van der Waals surface area contributed by atoms with Crippen molar-refractivity contribution in [3.63, 3.8) is 0 Å². The topological polar surface area (TPSA) is 91.6 Å². The van der Waals surface area contributed by atoms with E-state index >= 15 is 0 Å². The van der Waals surface area contributed by atoms with Gasteiger partial charge in [-0.2, -0.15) is 0 Å². The van der Waals surface area contributed by atoms with Crippen LogP contribution in [-0.4, -0.2) is 22.6 Å². The minimum absolute atomic E-state index is 0.317. The minimum Gasteiger partial charge on any atom is -0.480 e. The monoisotopic (exact) mass is 252 g/mol. The van der Waals surface area contributed by atoms with Gasteiger partial charge in [0.15, 0.2) is 0 Å². The van der Waals surface area contributed by atoms with Crippen LogP contribution < -0.4 is 10.6 Å². The Morgan fingerprint density at radius 2 is 2.11 bits per heavy atom. The summed E-state index contributed by atoms with van der Waals surface area (Å²) < 4.78 is 4.87. The van der Waals surface area contributed by atoms with Crippen LogP contribution in [0.5, 0.6) is 0 Å². The fourth-order valence-corrected chi connectivity index (χ4v) is 2.21. The van der Waals surface area contributed by atoms with Crippen LogP contribution in [0.3, 0.4) is 0 Å². The SMILES string of the molecule is O=C(NCc1ccoc1)NC1(C(=O)O)CCCC1. The summed E-state index contributed by atoms with van der Waals surface area (Å²) in [5, 5.41) is 14.4. The molecular formula is C12H16N2O4. The molecule has 1 aliphatic rings. The number of carboxylic acid groups (broad SMARTS) is 1. The van der Waals surface area contributed by atoms with Gasteiger partial charge in [0.1, 0.15) is 5.54 Å². The Morgan fingerprint density at radius 1 is 1.39 bits per heavy atom. The molecule has 2 amide bonds. The molecule has 98 valence electrons. The van der Waals surface area contributed by atoms with Gasteiger partial charge in [0.25, 0.3) is 0 Å². The summed E-state index contributed by atoms with van der Waals surface area (Å²) in [5.41, 5.74) is -0.263. The average molecular weight is 252 g/mol. The maximum atomic E-state index is 11.7. The first kappa shape index (κ1) is 12.5. The molecule has 1 aromatic heterocycles. The third-order valence-corrected chi connectivity index (χ3v) is 3.25. The number of urea groups is 1. The second-order valence-corrected chi connectivity index (χ2v) is 4.53. The lowest BCUT2D eigenvalue weighted by Crippen LogP contribution is -2.55. The normalized spacial score (nSPS) is 17.3. The van der Waals surface area contributed by atoms with Crippen molar-refractivity contribution in [1.29, 1.82) is 0 Å². The van der Waals surface area contributed by atoms with Gasteiger partial charge in [0, 0.05) is 12.1 Å². The zero-order valence-corrected chi connectivity index (χ0v) is 9.94. The summed E-state index contributed by atoms with van der Waals surface area (Å²) in [7, 11) is 0. The van der Waals surface area contributed by atoms with Gasteiger partial charge < -0.3 is 20.2 Å². The van der Waals surface area contributed by atoms with Crippen molar-refractivity contribution in [1.82, 2.24) is 10.6 Å². The van der Waals surface area contributed by atoms with E-state index in [0.717, 1.165) is 18.4 Å². The molecule has 0 saturated heterocycles. The van der Waals surface area contributed by atoms with Gasteiger partial charge in [-0.15, -0.1) is 0 Å². The molecule has 1 aliphatic carbocycles. The lowest BCUT2D eigenvalue weighted by atomic mass is 9.98. The molecule has 6 heteroatoms. The molecule has 1 heterocycles. The highest BCUT2D eigenvalue weighted by atomic mass is 16.4. The zero-order chi connectivity index (χ0) is 13.0. The number of hydrogen-bond donors (Lipinski definition) is 3. The van der Waals surface area contributed by atoms with E-state index in [0.29, 0.717) is 19.4 Å². The van der Waals surface area contributed by atoms with Crippen LogP contribution in [0.2, 0.25) is 0 Å². The Bertz CT molecular complexity index is 421.